The number of nitrogens with one attached hydrogen (secondary N) is 1. The van der Waals surface area contributed by atoms with Gasteiger partial charge in [-0.25, -0.2) is 0 Å². The van der Waals surface area contributed by atoms with Gasteiger partial charge in [-0.05, 0) is 48.6 Å². The van der Waals surface area contributed by atoms with Gasteiger partial charge in [0.25, 0.3) is 0 Å². The minimum Gasteiger partial charge on any atom is -0.341 e. The van der Waals surface area contributed by atoms with Crippen molar-refractivity contribution in [1.82, 2.24) is 9.88 Å². The largest absolute Gasteiger partial charge is 0.341 e. The van der Waals surface area contributed by atoms with Crippen LogP contribution in [0.5, 0.6) is 0 Å². The molecule has 2 heterocycles. The molecule has 22 heavy (non-hydrogen) atoms. The van der Waals surface area contributed by atoms with Crippen molar-refractivity contribution in [1.29, 1.82) is 0 Å². The van der Waals surface area contributed by atoms with Crippen LogP contribution in [0.25, 0.3) is 0 Å². The van der Waals surface area contributed by atoms with Crippen LogP contribution in [0.2, 0.25) is 0 Å². The van der Waals surface area contributed by atoms with Gasteiger partial charge >= 0.3 is 0 Å². The molecule has 116 valence electrons. The Hall–Kier alpha value is -1.46. The van der Waals surface area contributed by atoms with Crippen LogP contribution in [0.1, 0.15) is 37.0 Å². The monoisotopic (exact) mass is 331 g/mol. The van der Waals surface area contributed by atoms with Gasteiger partial charge in [-0.2, -0.15) is 0 Å². The van der Waals surface area contributed by atoms with Crippen molar-refractivity contribution in [3.63, 3.8) is 0 Å². The average Bonchev–Trinajstić information content (AvgIpc) is 3.07. The Bertz CT molecular complexity index is 577. The Morgan fingerprint density at radius 3 is 2.82 bits per heavy atom. The van der Waals surface area contributed by atoms with Crippen LogP contribution in [0.15, 0.2) is 42.0 Å². The van der Waals surface area contributed by atoms with Gasteiger partial charge in [-0.1, -0.05) is 25.3 Å². The van der Waals surface area contributed by atoms with Gasteiger partial charge in [0.15, 0.2) is 5.11 Å². The highest BCUT2D eigenvalue weighted by Gasteiger charge is 2.23. The van der Waals surface area contributed by atoms with E-state index in [-0.39, 0.29) is 0 Å². The van der Waals surface area contributed by atoms with Crippen LogP contribution in [0.3, 0.4) is 0 Å². The highest BCUT2D eigenvalue weighted by atomic mass is 32.1. The van der Waals surface area contributed by atoms with Gasteiger partial charge in [-0.3, -0.25) is 4.98 Å². The smallest absolute Gasteiger partial charge is 0.174 e. The molecule has 0 bridgehead atoms. The molecule has 3 rings (SSSR count). The van der Waals surface area contributed by atoms with E-state index in [1.54, 1.807) is 17.5 Å². The van der Waals surface area contributed by atoms with Crippen LogP contribution in [-0.4, -0.2) is 21.0 Å². The van der Waals surface area contributed by atoms with Crippen molar-refractivity contribution in [2.24, 2.45) is 0 Å². The van der Waals surface area contributed by atoms with E-state index < -0.39 is 0 Å². The summed E-state index contributed by atoms with van der Waals surface area (Å²) in [5.74, 6) is 0. The molecular weight excluding hydrogens is 310 g/mol. The molecule has 0 aliphatic heterocycles. The van der Waals surface area contributed by atoms with E-state index in [4.69, 9.17) is 12.2 Å². The normalized spacial score (nSPS) is 15.5. The number of anilines is 1. The van der Waals surface area contributed by atoms with Gasteiger partial charge in [0.1, 0.15) is 0 Å². The molecule has 0 amide bonds. The fourth-order valence-corrected chi connectivity index (χ4v) is 4.00. The maximum absolute atomic E-state index is 5.70. The zero-order valence-corrected chi connectivity index (χ0v) is 14.2. The number of hydrogen-bond acceptors (Lipinski definition) is 3. The maximum Gasteiger partial charge on any atom is 0.174 e. The summed E-state index contributed by atoms with van der Waals surface area (Å²) in [6.07, 6.45) is 10.0. The van der Waals surface area contributed by atoms with Gasteiger partial charge in [0.05, 0.1) is 18.4 Å². The molecule has 3 nitrogen and oxygen atoms in total. The second-order valence-corrected chi connectivity index (χ2v) is 7.09. The summed E-state index contributed by atoms with van der Waals surface area (Å²) in [6, 6.07) is 8.77. The first-order valence-corrected chi connectivity index (χ1v) is 9.12. The SMILES string of the molecule is S=C(Nc1cccnc1)N(Cc1cccs1)C1CCCCC1. The number of nitrogens with zero attached hydrogens (tertiary/aromatic N) is 2. The second kappa shape index (κ2) is 7.70. The first-order chi connectivity index (χ1) is 10.8. The summed E-state index contributed by atoms with van der Waals surface area (Å²) in [5.41, 5.74) is 0.958. The number of thiophene rings is 1. The molecule has 0 atom stereocenters. The van der Waals surface area contributed by atoms with Crippen LogP contribution < -0.4 is 5.32 Å². The third kappa shape index (κ3) is 4.05. The lowest BCUT2D eigenvalue weighted by molar-refractivity contribution is 0.242. The molecule has 1 aliphatic carbocycles. The molecule has 1 aliphatic rings. The fourth-order valence-electron chi connectivity index (χ4n) is 2.96. The van der Waals surface area contributed by atoms with Gasteiger partial charge in [0, 0.05) is 17.1 Å². The van der Waals surface area contributed by atoms with Crippen molar-refractivity contribution in [3.8, 4) is 0 Å². The molecular formula is C17H21N3S2. The predicted octanol–water partition coefficient (Wildman–Crippen LogP) is 4.67. The van der Waals surface area contributed by atoms with E-state index in [0.29, 0.717) is 6.04 Å². The van der Waals surface area contributed by atoms with Gasteiger partial charge in [0.2, 0.25) is 0 Å². The highest BCUT2D eigenvalue weighted by Crippen LogP contribution is 2.26. The molecule has 0 saturated heterocycles. The third-order valence-corrected chi connectivity index (χ3v) is 5.29. The van der Waals surface area contributed by atoms with Crippen molar-refractivity contribution in [3.05, 3.63) is 46.9 Å². The van der Waals surface area contributed by atoms with Crippen molar-refractivity contribution < 1.29 is 0 Å². The summed E-state index contributed by atoms with van der Waals surface area (Å²) in [4.78, 5) is 7.88. The second-order valence-electron chi connectivity index (χ2n) is 5.67. The van der Waals surface area contributed by atoms with E-state index in [9.17, 15) is 0 Å². The Labute approximate surface area is 141 Å². The van der Waals surface area contributed by atoms with Crippen molar-refractivity contribution in [2.45, 2.75) is 44.7 Å². The molecule has 1 N–H and O–H groups in total. The molecule has 2 aromatic rings. The Balaban J connectivity index is 1.73. The number of rotatable bonds is 4. The van der Waals surface area contributed by atoms with Crippen molar-refractivity contribution >= 4 is 34.4 Å². The van der Waals surface area contributed by atoms with E-state index in [1.807, 2.05) is 18.3 Å². The van der Waals surface area contributed by atoms with E-state index >= 15 is 0 Å². The average molecular weight is 332 g/mol. The lowest BCUT2D eigenvalue weighted by Gasteiger charge is -2.36. The summed E-state index contributed by atoms with van der Waals surface area (Å²) in [6.45, 7) is 0.897. The molecule has 5 heteroatoms. The van der Waals surface area contributed by atoms with E-state index in [2.05, 4.69) is 32.7 Å². The third-order valence-electron chi connectivity index (χ3n) is 4.10. The van der Waals surface area contributed by atoms with E-state index in [0.717, 1.165) is 17.3 Å². The number of thiocarbonyl (C=S) groups is 1. The number of aromatic nitrogens is 1. The lowest BCUT2D eigenvalue weighted by Crippen LogP contribution is -2.43. The molecule has 0 spiro atoms. The van der Waals surface area contributed by atoms with Crippen LogP contribution in [0, 0.1) is 0 Å². The summed E-state index contributed by atoms with van der Waals surface area (Å²) in [5, 5.41) is 6.30. The quantitative estimate of drug-likeness (QED) is 0.824. The lowest BCUT2D eigenvalue weighted by atomic mass is 9.94. The summed E-state index contributed by atoms with van der Waals surface area (Å²) < 4.78 is 0. The number of hydrogen-bond donors (Lipinski definition) is 1. The number of pyridine rings is 1. The summed E-state index contributed by atoms with van der Waals surface area (Å²) >= 11 is 7.50. The first-order valence-electron chi connectivity index (χ1n) is 7.83. The minimum absolute atomic E-state index is 0.549. The van der Waals surface area contributed by atoms with Crippen LogP contribution >= 0.6 is 23.6 Å². The zero-order valence-electron chi connectivity index (χ0n) is 12.6. The molecule has 1 saturated carbocycles. The Morgan fingerprint density at radius 2 is 2.14 bits per heavy atom. The molecule has 1 fully saturated rings. The fraction of sp³-hybridized carbons (Fsp3) is 0.412. The topological polar surface area (TPSA) is 28.2 Å². The first kappa shape index (κ1) is 15.4. The highest BCUT2D eigenvalue weighted by molar-refractivity contribution is 7.80. The standard InChI is InChI=1S/C17H21N3S2/c21-17(19-14-6-4-10-18-12-14)20(13-16-9-5-11-22-16)15-7-2-1-3-8-15/h4-6,9-12,15H,1-3,7-8,13H2,(H,19,21). The molecule has 2 aromatic heterocycles. The van der Waals surface area contributed by atoms with Gasteiger partial charge in [-0.15, -0.1) is 11.3 Å². The molecule has 0 unspecified atom stereocenters. The van der Waals surface area contributed by atoms with Crippen LogP contribution in [-0.2, 0) is 6.54 Å². The van der Waals surface area contributed by atoms with E-state index in [1.165, 1.54) is 37.0 Å². The van der Waals surface area contributed by atoms with Crippen LogP contribution in [0.4, 0.5) is 5.69 Å². The maximum atomic E-state index is 5.70. The molecule has 0 aromatic carbocycles. The summed E-state index contributed by atoms with van der Waals surface area (Å²) in [7, 11) is 0. The Morgan fingerprint density at radius 1 is 1.27 bits per heavy atom. The Kier molecular flexibility index (Phi) is 5.40. The zero-order chi connectivity index (χ0) is 15.2. The predicted molar refractivity (Wildman–Crippen MR) is 97.2 cm³/mol. The van der Waals surface area contributed by atoms with Gasteiger partial charge < -0.3 is 10.2 Å². The molecule has 0 radical (unpaired) electrons. The van der Waals surface area contributed by atoms with Crippen molar-refractivity contribution in [2.75, 3.05) is 5.32 Å². The minimum atomic E-state index is 0.549.